The van der Waals surface area contributed by atoms with E-state index >= 15 is 0 Å². The van der Waals surface area contributed by atoms with Gasteiger partial charge in [0.25, 0.3) is 5.91 Å². The molecule has 0 radical (unpaired) electrons. The summed E-state index contributed by atoms with van der Waals surface area (Å²) in [6.07, 6.45) is 0.501. The molecule has 1 amide bonds. The summed E-state index contributed by atoms with van der Waals surface area (Å²) in [6.45, 7) is 4.13. The van der Waals surface area contributed by atoms with Crippen LogP contribution in [0, 0.1) is 13.8 Å². The average Bonchev–Trinajstić information content (AvgIpc) is 2.96. The molecule has 2 rings (SSSR count). The molecule has 0 aliphatic rings. The molecule has 4 N–H and O–H groups in total. The Hall–Kier alpha value is -2.69. The van der Waals surface area contributed by atoms with Gasteiger partial charge in [0.1, 0.15) is 12.3 Å². The fraction of sp³-hybridized carbons (Fsp3) is 0.368. The highest BCUT2D eigenvalue weighted by atomic mass is 32.2. The van der Waals surface area contributed by atoms with E-state index in [1.807, 2.05) is 0 Å². The highest BCUT2D eigenvalue weighted by Gasteiger charge is 2.22. The van der Waals surface area contributed by atoms with Crippen molar-refractivity contribution in [2.45, 2.75) is 25.2 Å². The van der Waals surface area contributed by atoms with Gasteiger partial charge in [-0.25, -0.2) is 18.4 Å². The first-order valence-electron chi connectivity index (χ1n) is 8.90. The number of carbonyl (C=O) groups is 2. The van der Waals surface area contributed by atoms with Crippen LogP contribution in [0.4, 0.5) is 0 Å². The number of hydrogen-bond acceptors (Lipinski definition) is 6. The zero-order chi connectivity index (χ0) is 21.6. The van der Waals surface area contributed by atoms with Crippen LogP contribution in [-0.4, -0.2) is 52.1 Å². The largest absolute Gasteiger partial charge is 0.460 e. The van der Waals surface area contributed by atoms with Crippen LogP contribution in [0.5, 0.6) is 0 Å². The molecule has 0 unspecified atom stereocenters. The van der Waals surface area contributed by atoms with Crippen LogP contribution >= 0.6 is 0 Å². The van der Waals surface area contributed by atoms with Crippen molar-refractivity contribution in [1.82, 2.24) is 10.3 Å². The maximum Gasteiger partial charge on any atom is 0.340 e. The molecule has 1 aromatic heterocycles. The van der Waals surface area contributed by atoms with Gasteiger partial charge in [0, 0.05) is 19.3 Å². The monoisotopic (exact) mass is 423 g/mol. The number of methoxy groups -OCH3 is 1. The Balaban J connectivity index is 1.97. The standard InChI is InChI=1S/C19H25N3O6S/c1-12-16(19(24)28-11-10-27-3)13(2)22-17(12)18(23)21-9-8-14-4-6-15(7-5-14)29(20,25)26/h4-7,22H,8-11H2,1-3H3,(H,21,23)(H2,20,25,26). The molecule has 9 nitrogen and oxygen atoms in total. The molecule has 158 valence electrons. The zero-order valence-corrected chi connectivity index (χ0v) is 17.4. The molecule has 0 atom stereocenters. The Bertz CT molecular complexity index is 980. The van der Waals surface area contributed by atoms with E-state index < -0.39 is 16.0 Å². The zero-order valence-electron chi connectivity index (χ0n) is 16.6. The number of carbonyl (C=O) groups excluding carboxylic acids is 2. The first kappa shape index (κ1) is 22.6. The maximum absolute atomic E-state index is 12.5. The van der Waals surface area contributed by atoms with Gasteiger partial charge >= 0.3 is 5.97 Å². The minimum absolute atomic E-state index is 0.0349. The first-order valence-corrected chi connectivity index (χ1v) is 10.4. The normalized spacial score (nSPS) is 11.3. The van der Waals surface area contributed by atoms with Crippen molar-refractivity contribution >= 4 is 21.9 Å². The van der Waals surface area contributed by atoms with Gasteiger partial charge in [-0.1, -0.05) is 12.1 Å². The number of aromatic nitrogens is 1. The topological polar surface area (TPSA) is 141 Å². The van der Waals surface area contributed by atoms with E-state index in [0.717, 1.165) is 5.56 Å². The van der Waals surface area contributed by atoms with Crippen molar-refractivity contribution in [3.63, 3.8) is 0 Å². The van der Waals surface area contributed by atoms with Crippen LogP contribution in [0.1, 0.15) is 37.7 Å². The van der Waals surface area contributed by atoms with E-state index in [-0.39, 0.29) is 17.4 Å². The SMILES string of the molecule is COCCOC(=O)c1c(C)[nH]c(C(=O)NCCc2ccc(S(N)(=O)=O)cc2)c1C. The molecule has 10 heteroatoms. The van der Waals surface area contributed by atoms with Gasteiger partial charge in [-0.2, -0.15) is 0 Å². The van der Waals surface area contributed by atoms with Crippen molar-refractivity contribution in [3.8, 4) is 0 Å². The van der Waals surface area contributed by atoms with Crippen LogP contribution in [-0.2, 0) is 25.9 Å². The number of nitrogens with one attached hydrogen (secondary N) is 2. The third-order valence-electron chi connectivity index (χ3n) is 4.34. The number of amides is 1. The van der Waals surface area contributed by atoms with Crippen molar-refractivity contribution in [1.29, 1.82) is 0 Å². The van der Waals surface area contributed by atoms with Gasteiger partial charge in [0.2, 0.25) is 10.0 Å². The second-order valence-corrected chi connectivity index (χ2v) is 8.01. The highest BCUT2D eigenvalue weighted by molar-refractivity contribution is 7.89. The number of H-pyrrole nitrogens is 1. The van der Waals surface area contributed by atoms with Crippen molar-refractivity contribution in [2.75, 3.05) is 26.9 Å². The Labute approximate surface area is 169 Å². The molecule has 0 aliphatic carbocycles. The van der Waals surface area contributed by atoms with Crippen LogP contribution < -0.4 is 10.5 Å². The summed E-state index contributed by atoms with van der Waals surface area (Å²) in [7, 11) is -2.22. The molecule has 29 heavy (non-hydrogen) atoms. The number of hydrogen-bond donors (Lipinski definition) is 3. The van der Waals surface area contributed by atoms with E-state index in [1.165, 1.54) is 19.2 Å². The Morgan fingerprint density at radius 2 is 1.79 bits per heavy atom. The van der Waals surface area contributed by atoms with Gasteiger partial charge in [0.05, 0.1) is 17.1 Å². The van der Waals surface area contributed by atoms with Gasteiger partial charge < -0.3 is 19.8 Å². The van der Waals surface area contributed by atoms with Gasteiger partial charge in [-0.3, -0.25) is 4.79 Å². The number of ether oxygens (including phenoxy) is 2. The molecule has 0 spiro atoms. The number of aromatic amines is 1. The third kappa shape index (κ3) is 5.89. The minimum atomic E-state index is -3.73. The van der Waals surface area contributed by atoms with Crippen LogP contribution in [0.25, 0.3) is 0 Å². The first-order chi connectivity index (χ1) is 13.6. The van der Waals surface area contributed by atoms with E-state index in [9.17, 15) is 18.0 Å². The van der Waals surface area contributed by atoms with Crippen molar-refractivity contribution < 1.29 is 27.5 Å². The summed E-state index contributed by atoms with van der Waals surface area (Å²) in [5.41, 5.74) is 2.55. The average molecular weight is 423 g/mol. The lowest BCUT2D eigenvalue weighted by atomic mass is 10.1. The molecule has 0 bridgehead atoms. The molecular formula is C19H25N3O6S. The van der Waals surface area contributed by atoms with Crippen LogP contribution in [0.15, 0.2) is 29.2 Å². The highest BCUT2D eigenvalue weighted by Crippen LogP contribution is 2.19. The smallest absolute Gasteiger partial charge is 0.340 e. The summed E-state index contributed by atoms with van der Waals surface area (Å²) in [4.78, 5) is 27.7. The van der Waals surface area contributed by atoms with E-state index in [0.29, 0.717) is 42.1 Å². The second kappa shape index (κ2) is 9.68. The van der Waals surface area contributed by atoms with Crippen molar-refractivity contribution in [2.24, 2.45) is 5.14 Å². The summed E-state index contributed by atoms with van der Waals surface area (Å²) in [6, 6.07) is 6.13. The summed E-state index contributed by atoms with van der Waals surface area (Å²) >= 11 is 0. The van der Waals surface area contributed by atoms with Crippen LogP contribution in [0.2, 0.25) is 0 Å². The Morgan fingerprint density at radius 1 is 1.14 bits per heavy atom. The van der Waals surface area contributed by atoms with Gasteiger partial charge in [-0.15, -0.1) is 0 Å². The molecule has 2 aromatic rings. The number of rotatable bonds is 9. The van der Waals surface area contributed by atoms with E-state index in [1.54, 1.807) is 26.0 Å². The Kier molecular flexibility index (Phi) is 7.54. The number of sulfonamides is 1. The molecule has 0 saturated carbocycles. The lowest BCUT2D eigenvalue weighted by Crippen LogP contribution is -2.26. The lowest BCUT2D eigenvalue weighted by Gasteiger charge is -2.07. The fourth-order valence-electron chi connectivity index (χ4n) is 2.83. The Morgan fingerprint density at radius 3 is 2.38 bits per heavy atom. The van der Waals surface area contributed by atoms with Gasteiger partial charge in [-0.05, 0) is 43.5 Å². The molecule has 0 fully saturated rings. The summed E-state index contributed by atoms with van der Waals surface area (Å²) in [5.74, 6) is -0.856. The molecule has 0 aliphatic heterocycles. The number of aryl methyl sites for hydroxylation is 1. The van der Waals surface area contributed by atoms with Crippen molar-refractivity contribution in [3.05, 3.63) is 52.3 Å². The number of benzene rings is 1. The van der Waals surface area contributed by atoms with E-state index in [2.05, 4.69) is 10.3 Å². The minimum Gasteiger partial charge on any atom is -0.460 e. The number of esters is 1. The van der Waals surface area contributed by atoms with E-state index in [4.69, 9.17) is 14.6 Å². The second-order valence-electron chi connectivity index (χ2n) is 6.45. The maximum atomic E-state index is 12.5. The molecule has 1 aromatic carbocycles. The fourth-order valence-corrected chi connectivity index (χ4v) is 3.34. The predicted octanol–water partition coefficient (Wildman–Crippen LogP) is 1.05. The molecular weight excluding hydrogens is 398 g/mol. The summed E-state index contributed by atoms with van der Waals surface area (Å²) < 4.78 is 32.5. The third-order valence-corrected chi connectivity index (χ3v) is 5.27. The number of nitrogens with two attached hydrogens (primary N) is 1. The van der Waals surface area contributed by atoms with Crippen LogP contribution in [0.3, 0.4) is 0 Å². The molecule has 1 heterocycles. The molecule has 0 saturated heterocycles. The van der Waals surface area contributed by atoms with Gasteiger partial charge in [0.15, 0.2) is 0 Å². The number of primary sulfonamides is 1. The summed E-state index contributed by atoms with van der Waals surface area (Å²) in [5, 5.41) is 7.85. The predicted molar refractivity (Wildman–Crippen MR) is 106 cm³/mol. The quantitative estimate of drug-likeness (QED) is 0.407. The lowest BCUT2D eigenvalue weighted by molar-refractivity contribution is 0.0386.